The van der Waals surface area contributed by atoms with E-state index in [0.717, 1.165) is 10.9 Å². The molecule has 0 aliphatic carbocycles. The minimum absolute atomic E-state index is 0.0501. The first-order valence-corrected chi connectivity index (χ1v) is 10.4. The molecule has 2 atom stereocenters. The van der Waals surface area contributed by atoms with Crippen LogP contribution >= 0.6 is 0 Å². The molecule has 0 aromatic heterocycles. The van der Waals surface area contributed by atoms with E-state index >= 15 is 0 Å². The monoisotopic (exact) mass is 368 g/mol. The van der Waals surface area contributed by atoms with E-state index in [1.807, 2.05) is 0 Å². The topological polar surface area (TPSA) is 9.23 Å². The zero-order valence-electron chi connectivity index (χ0n) is 16.7. The van der Waals surface area contributed by atoms with Gasteiger partial charge < -0.3 is 9.05 Å². The maximum atomic E-state index is 7.23. The van der Waals surface area contributed by atoms with E-state index in [9.17, 15) is 0 Å². The Morgan fingerprint density at radius 1 is 0.857 bits per heavy atom. The third-order valence-electron chi connectivity index (χ3n) is 6.99. The maximum absolute atomic E-state index is 7.23. The molecule has 0 N–H and O–H groups in total. The molecular formula is C25H27BNO+. The van der Waals surface area contributed by atoms with Crippen molar-refractivity contribution in [3.8, 4) is 0 Å². The summed E-state index contributed by atoms with van der Waals surface area (Å²) in [6.45, 7) is 3.37. The summed E-state index contributed by atoms with van der Waals surface area (Å²) >= 11 is 0. The molecule has 3 aromatic rings. The lowest BCUT2D eigenvalue weighted by molar-refractivity contribution is -0.815. The number of fused-ring (bicyclic) bond motifs is 1. The molecule has 2 saturated heterocycles. The Balaban J connectivity index is 1.75. The number of hydrogen-bond donors (Lipinski definition) is 0. The number of rotatable bonds is 3. The molecule has 3 heteroatoms. The van der Waals surface area contributed by atoms with Gasteiger partial charge in [-0.2, -0.15) is 0 Å². The molecule has 0 spiro atoms. The predicted octanol–water partition coefficient (Wildman–Crippen LogP) is 4.27. The smallest absolute Gasteiger partial charge is 0.359 e. The molecular weight excluding hydrogens is 341 g/mol. The van der Waals surface area contributed by atoms with Gasteiger partial charge in [0.1, 0.15) is 6.04 Å². The number of likely N-dealkylation sites (N-methyl/N-ethyl adjacent to an activating group) is 1. The fourth-order valence-electron chi connectivity index (χ4n) is 5.65. The molecule has 5 rings (SSSR count). The van der Waals surface area contributed by atoms with Gasteiger partial charge in [0.05, 0.1) is 13.6 Å². The van der Waals surface area contributed by atoms with Crippen LogP contribution in [-0.2, 0) is 10.3 Å². The molecule has 2 aliphatic heterocycles. The van der Waals surface area contributed by atoms with E-state index in [0.29, 0.717) is 6.04 Å². The van der Waals surface area contributed by atoms with Crippen molar-refractivity contribution in [2.45, 2.75) is 31.4 Å². The van der Waals surface area contributed by atoms with Gasteiger partial charge in [0.15, 0.2) is 5.60 Å². The Bertz CT molecular complexity index is 935. The summed E-state index contributed by atoms with van der Waals surface area (Å²) in [5.74, 6) is 0. The summed E-state index contributed by atoms with van der Waals surface area (Å²) in [5, 5.41) is 0. The van der Waals surface area contributed by atoms with E-state index in [1.165, 1.54) is 35.0 Å². The minimum Gasteiger partial charge on any atom is -0.359 e. The SMILES string of the molecule is Cc1ccccc1B1OC(c2ccccc2)(c2ccccc2)[C@H]2CCC[N@+]12C. The summed E-state index contributed by atoms with van der Waals surface area (Å²) in [4.78, 5) is 0. The van der Waals surface area contributed by atoms with Crippen molar-refractivity contribution in [2.24, 2.45) is 0 Å². The third-order valence-corrected chi connectivity index (χ3v) is 6.99. The number of nitrogens with zero attached hydrogens (tertiary/aromatic N) is 1. The third kappa shape index (κ3) is 2.43. The molecule has 2 nitrogen and oxygen atoms in total. The fraction of sp³-hybridized carbons (Fsp3) is 0.280. The van der Waals surface area contributed by atoms with E-state index in [1.54, 1.807) is 0 Å². The van der Waals surface area contributed by atoms with Crippen LogP contribution in [0, 0.1) is 6.92 Å². The number of quaternary nitrogens is 1. The predicted molar refractivity (Wildman–Crippen MR) is 115 cm³/mol. The molecule has 0 radical (unpaired) electrons. The van der Waals surface area contributed by atoms with Gasteiger partial charge >= 0.3 is 7.05 Å². The standard InChI is InChI=1S/C25H27BNO/c1-20-12-9-10-17-23(20)26-27(2)19-11-18-24(27)25(28-26,21-13-5-3-6-14-21)22-15-7-4-8-16-22/h3-10,12-17,24H,11,18-19H2,1-2H3/q+1/t24-,27+/m1/s1. The number of benzene rings is 3. The quantitative estimate of drug-likeness (QED) is 0.628. The Labute approximate surface area is 168 Å². The molecule has 28 heavy (non-hydrogen) atoms. The van der Waals surface area contributed by atoms with Crippen LogP contribution in [0.5, 0.6) is 0 Å². The van der Waals surface area contributed by atoms with Crippen molar-refractivity contribution in [1.82, 2.24) is 0 Å². The highest BCUT2D eigenvalue weighted by molar-refractivity contribution is 6.61. The van der Waals surface area contributed by atoms with Crippen LogP contribution in [-0.4, -0.2) is 31.1 Å². The van der Waals surface area contributed by atoms with E-state index in [4.69, 9.17) is 4.65 Å². The zero-order chi connectivity index (χ0) is 19.2. The fourth-order valence-corrected chi connectivity index (χ4v) is 5.65. The lowest BCUT2D eigenvalue weighted by atomic mass is 9.67. The Hall–Kier alpha value is -2.36. The Morgan fingerprint density at radius 2 is 1.43 bits per heavy atom. The molecule has 0 unspecified atom stereocenters. The van der Waals surface area contributed by atoms with E-state index < -0.39 is 5.60 Å². The van der Waals surface area contributed by atoms with Crippen molar-refractivity contribution in [1.29, 1.82) is 0 Å². The summed E-state index contributed by atoms with van der Waals surface area (Å²) in [7, 11) is 2.46. The molecule has 0 bridgehead atoms. The number of aryl methyl sites for hydroxylation is 1. The zero-order valence-corrected chi connectivity index (χ0v) is 16.7. The molecule has 140 valence electrons. The first-order valence-electron chi connectivity index (χ1n) is 10.4. The van der Waals surface area contributed by atoms with Crippen LogP contribution in [0.3, 0.4) is 0 Å². The molecule has 2 fully saturated rings. The highest BCUT2D eigenvalue weighted by Gasteiger charge is 2.69. The Kier molecular flexibility index (Phi) is 4.19. The van der Waals surface area contributed by atoms with Crippen LogP contribution in [0.15, 0.2) is 84.9 Å². The van der Waals surface area contributed by atoms with Crippen molar-refractivity contribution < 1.29 is 9.05 Å². The van der Waals surface area contributed by atoms with Crippen LogP contribution in [0.1, 0.15) is 29.5 Å². The van der Waals surface area contributed by atoms with Crippen molar-refractivity contribution in [3.63, 3.8) is 0 Å². The highest BCUT2D eigenvalue weighted by Crippen LogP contribution is 2.52. The molecule has 2 heterocycles. The summed E-state index contributed by atoms with van der Waals surface area (Å²) in [6.07, 6.45) is 2.43. The molecule has 0 amide bonds. The van der Waals surface area contributed by atoms with Crippen molar-refractivity contribution in [3.05, 3.63) is 102 Å². The van der Waals surface area contributed by atoms with Crippen molar-refractivity contribution >= 4 is 12.5 Å². The van der Waals surface area contributed by atoms with Gasteiger partial charge in [-0.1, -0.05) is 84.9 Å². The van der Waals surface area contributed by atoms with E-state index in [-0.39, 0.29) is 7.05 Å². The summed E-state index contributed by atoms with van der Waals surface area (Å²) in [5.41, 5.74) is 4.77. The van der Waals surface area contributed by atoms with Gasteiger partial charge in [0.2, 0.25) is 0 Å². The molecule has 3 aromatic carbocycles. The van der Waals surface area contributed by atoms with Crippen molar-refractivity contribution in [2.75, 3.05) is 13.6 Å². The van der Waals surface area contributed by atoms with Gasteiger partial charge in [-0.25, -0.2) is 0 Å². The van der Waals surface area contributed by atoms with Gasteiger partial charge in [-0.15, -0.1) is 0 Å². The van der Waals surface area contributed by atoms with Crippen LogP contribution in [0.2, 0.25) is 0 Å². The van der Waals surface area contributed by atoms with Gasteiger partial charge in [-0.05, 0) is 23.6 Å². The average Bonchev–Trinajstić information content (AvgIpc) is 3.24. The van der Waals surface area contributed by atoms with E-state index in [2.05, 4.69) is 98.9 Å². The lowest BCUT2D eigenvalue weighted by Crippen LogP contribution is -2.60. The number of hydrogen-bond acceptors (Lipinski definition) is 1. The first kappa shape index (κ1) is 17.7. The van der Waals surface area contributed by atoms with Gasteiger partial charge in [0, 0.05) is 18.3 Å². The molecule has 2 aliphatic rings. The lowest BCUT2D eigenvalue weighted by Gasteiger charge is -2.38. The molecule has 0 saturated carbocycles. The average molecular weight is 368 g/mol. The second kappa shape index (κ2) is 6.61. The second-order valence-electron chi connectivity index (χ2n) is 8.52. The van der Waals surface area contributed by atoms with Gasteiger partial charge in [-0.3, -0.25) is 0 Å². The minimum atomic E-state index is -0.416. The van der Waals surface area contributed by atoms with Gasteiger partial charge in [0.25, 0.3) is 0 Å². The summed E-state index contributed by atoms with van der Waals surface area (Å²) < 4.78 is 8.18. The Morgan fingerprint density at radius 3 is 2.04 bits per heavy atom. The summed E-state index contributed by atoms with van der Waals surface area (Å²) in [6, 6.07) is 30.9. The first-order chi connectivity index (χ1) is 13.7. The maximum Gasteiger partial charge on any atom is 0.612 e. The normalized spacial score (nSPS) is 25.6. The largest absolute Gasteiger partial charge is 0.612 e. The second-order valence-corrected chi connectivity index (χ2v) is 8.52. The van der Waals surface area contributed by atoms with Crippen LogP contribution in [0.4, 0.5) is 0 Å². The van der Waals surface area contributed by atoms with Crippen LogP contribution < -0.4 is 5.46 Å². The van der Waals surface area contributed by atoms with Crippen LogP contribution in [0.25, 0.3) is 0 Å². The highest BCUT2D eigenvalue weighted by atomic mass is 16.5.